The summed E-state index contributed by atoms with van der Waals surface area (Å²) in [4.78, 5) is 38.2. The van der Waals surface area contributed by atoms with Gasteiger partial charge in [-0.15, -0.1) is 0 Å². The molecule has 3 aromatic rings. The van der Waals surface area contributed by atoms with Gasteiger partial charge in [0.1, 0.15) is 11.5 Å². The third-order valence-electron chi connectivity index (χ3n) is 5.66. The molecule has 0 bridgehead atoms. The van der Waals surface area contributed by atoms with Crippen LogP contribution in [0.25, 0.3) is 0 Å². The molecular formula is C23H21ClN6O2. The van der Waals surface area contributed by atoms with Gasteiger partial charge in [-0.2, -0.15) is 0 Å². The van der Waals surface area contributed by atoms with E-state index in [4.69, 9.17) is 11.6 Å². The van der Waals surface area contributed by atoms with E-state index < -0.39 is 0 Å². The van der Waals surface area contributed by atoms with Crippen LogP contribution < -0.4 is 20.4 Å². The van der Waals surface area contributed by atoms with E-state index in [2.05, 4.69) is 25.5 Å². The van der Waals surface area contributed by atoms with Gasteiger partial charge in [0.2, 0.25) is 0 Å². The molecule has 2 aliphatic heterocycles. The number of nitrogens with zero attached hydrogens (tertiary/aromatic N) is 4. The number of rotatable bonds is 4. The highest BCUT2D eigenvalue weighted by atomic mass is 35.5. The first-order valence-corrected chi connectivity index (χ1v) is 10.8. The SMILES string of the molecule is O=C(Nc1cnccc1N1CCNCC1)c1cccc(N2Cc3c(Cl)cccc3C2=O)n1. The number of pyridine rings is 2. The molecule has 9 heteroatoms. The molecule has 2 amide bonds. The van der Waals surface area contributed by atoms with Crippen LogP contribution in [0.3, 0.4) is 0 Å². The van der Waals surface area contributed by atoms with Gasteiger partial charge in [0.25, 0.3) is 11.8 Å². The molecule has 0 saturated carbocycles. The van der Waals surface area contributed by atoms with Crippen molar-refractivity contribution in [1.29, 1.82) is 0 Å². The summed E-state index contributed by atoms with van der Waals surface area (Å²) in [6.07, 6.45) is 3.36. The Bertz CT molecular complexity index is 1190. The lowest BCUT2D eigenvalue weighted by atomic mass is 10.1. The first-order valence-electron chi connectivity index (χ1n) is 10.4. The van der Waals surface area contributed by atoms with Crippen LogP contribution in [-0.2, 0) is 6.54 Å². The number of carbonyl (C=O) groups is 2. The summed E-state index contributed by atoms with van der Waals surface area (Å²) in [5, 5.41) is 6.80. The first-order chi connectivity index (χ1) is 15.6. The summed E-state index contributed by atoms with van der Waals surface area (Å²) in [5.41, 5.74) is 3.10. The van der Waals surface area contributed by atoms with Gasteiger partial charge >= 0.3 is 0 Å². The molecule has 1 fully saturated rings. The molecular weight excluding hydrogens is 428 g/mol. The lowest BCUT2D eigenvalue weighted by Gasteiger charge is -2.30. The minimum atomic E-state index is -0.363. The molecule has 2 aromatic heterocycles. The number of halogens is 1. The predicted molar refractivity (Wildman–Crippen MR) is 123 cm³/mol. The maximum absolute atomic E-state index is 13.0. The molecule has 1 saturated heterocycles. The van der Waals surface area contributed by atoms with Crippen LogP contribution in [-0.4, -0.2) is 48.0 Å². The van der Waals surface area contributed by atoms with Gasteiger partial charge in [0.15, 0.2) is 0 Å². The molecule has 4 heterocycles. The zero-order chi connectivity index (χ0) is 22.1. The summed E-state index contributed by atoms with van der Waals surface area (Å²) in [7, 11) is 0. The van der Waals surface area contributed by atoms with Crippen LogP contribution in [0.4, 0.5) is 17.2 Å². The van der Waals surface area contributed by atoms with Crippen LogP contribution in [0.2, 0.25) is 5.02 Å². The van der Waals surface area contributed by atoms with E-state index in [1.54, 1.807) is 48.8 Å². The second kappa shape index (κ2) is 8.57. The fourth-order valence-corrected chi connectivity index (χ4v) is 4.27. The number of carbonyl (C=O) groups excluding carboxylic acids is 2. The van der Waals surface area contributed by atoms with Crippen molar-refractivity contribution >= 4 is 40.6 Å². The van der Waals surface area contributed by atoms with Crippen molar-refractivity contribution in [2.75, 3.05) is 41.3 Å². The van der Waals surface area contributed by atoms with E-state index in [1.807, 2.05) is 6.07 Å². The smallest absolute Gasteiger partial charge is 0.274 e. The lowest BCUT2D eigenvalue weighted by Crippen LogP contribution is -2.43. The summed E-state index contributed by atoms with van der Waals surface area (Å²) in [6.45, 7) is 3.79. The maximum Gasteiger partial charge on any atom is 0.274 e. The number of fused-ring (bicyclic) bond motifs is 1. The highest BCUT2D eigenvalue weighted by Gasteiger charge is 2.31. The Morgan fingerprint density at radius 3 is 2.72 bits per heavy atom. The zero-order valence-corrected chi connectivity index (χ0v) is 18.0. The minimum absolute atomic E-state index is 0.180. The summed E-state index contributed by atoms with van der Waals surface area (Å²) in [5.74, 6) is -0.136. The van der Waals surface area contributed by atoms with E-state index in [9.17, 15) is 9.59 Å². The van der Waals surface area contributed by atoms with Gasteiger partial charge in [-0.05, 0) is 30.3 Å². The Morgan fingerprint density at radius 1 is 1.09 bits per heavy atom. The van der Waals surface area contributed by atoms with Crippen LogP contribution in [0.15, 0.2) is 54.9 Å². The molecule has 2 aliphatic rings. The van der Waals surface area contributed by atoms with Gasteiger partial charge in [0.05, 0.1) is 24.1 Å². The van der Waals surface area contributed by atoms with Crippen molar-refractivity contribution in [1.82, 2.24) is 15.3 Å². The van der Waals surface area contributed by atoms with Crippen molar-refractivity contribution in [3.8, 4) is 0 Å². The second-order valence-electron chi connectivity index (χ2n) is 7.62. The predicted octanol–water partition coefficient (Wildman–Crippen LogP) is 2.95. The number of benzene rings is 1. The number of nitrogens with one attached hydrogen (secondary N) is 2. The molecule has 1 aromatic carbocycles. The molecule has 32 heavy (non-hydrogen) atoms. The Hall–Kier alpha value is -3.49. The van der Waals surface area contributed by atoms with Crippen molar-refractivity contribution in [2.45, 2.75) is 6.54 Å². The number of piperazine rings is 1. The van der Waals surface area contributed by atoms with Crippen molar-refractivity contribution in [3.63, 3.8) is 0 Å². The number of amides is 2. The second-order valence-corrected chi connectivity index (χ2v) is 8.03. The quantitative estimate of drug-likeness (QED) is 0.637. The molecule has 0 aliphatic carbocycles. The highest BCUT2D eigenvalue weighted by Crippen LogP contribution is 2.32. The average Bonchev–Trinajstić information content (AvgIpc) is 3.18. The summed E-state index contributed by atoms with van der Waals surface area (Å²) in [6, 6.07) is 12.2. The molecule has 0 spiro atoms. The molecule has 2 N–H and O–H groups in total. The van der Waals surface area contributed by atoms with Gasteiger partial charge in [-0.1, -0.05) is 23.7 Å². The fraction of sp³-hybridized carbons (Fsp3) is 0.217. The number of aromatic nitrogens is 2. The normalized spacial score (nSPS) is 15.6. The Kier molecular flexibility index (Phi) is 5.46. The largest absolute Gasteiger partial charge is 0.367 e. The van der Waals surface area contributed by atoms with Crippen LogP contribution in [0.5, 0.6) is 0 Å². The summed E-state index contributed by atoms with van der Waals surface area (Å²) >= 11 is 6.26. The summed E-state index contributed by atoms with van der Waals surface area (Å²) < 4.78 is 0. The number of hydrogen-bond donors (Lipinski definition) is 2. The topological polar surface area (TPSA) is 90.5 Å². The van der Waals surface area contributed by atoms with Crippen LogP contribution in [0, 0.1) is 0 Å². The fourth-order valence-electron chi connectivity index (χ4n) is 4.03. The van der Waals surface area contributed by atoms with Crippen molar-refractivity contribution in [2.24, 2.45) is 0 Å². The minimum Gasteiger partial charge on any atom is -0.367 e. The monoisotopic (exact) mass is 448 g/mol. The van der Waals surface area contributed by atoms with Gasteiger partial charge < -0.3 is 15.5 Å². The maximum atomic E-state index is 13.0. The zero-order valence-electron chi connectivity index (χ0n) is 17.2. The Balaban J connectivity index is 1.38. The van der Waals surface area contributed by atoms with E-state index >= 15 is 0 Å². The Labute approximate surface area is 190 Å². The van der Waals surface area contributed by atoms with E-state index in [0.717, 1.165) is 37.4 Å². The van der Waals surface area contributed by atoms with Gasteiger partial charge in [-0.25, -0.2) is 4.98 Å². The molecule has 0 atom stereocenters. The molecule has 0 radical (unpaired) electrons. The highest BCUT2D eigenvalue weighted by molar-refractivity contribution is 6.32. The van der Waals surface area contributed by atoms with Crippen LogP contribution >= 0.6 is 11.6 Å². The van der Waals surface area contributed by atoms with Gasteiger partial charge in [0, 0.05) is 48.5 Å². The average molecular weight is 449 g/mol. The van der Waals surface area contributed by atoms with Crippen molar-refractivity contribution in [3.05, 3.63) is 76.7 Å². The number of anilines is 3. The van der Waals surface area contributed by atoms with E-state index in [1.165, 1.54) is 4.90 Å². The lowest BCUT2D eigenvalue weighted by molar-refractivity contribution is 0.0990. The van der Waals surface area contributed by atoms with Crippen molar-refractivity contribution < 1.29 is 9.59 Å². The third kappa shape index (κ3) is 3.79. The standard InChI is InChI=1S/C23H21ClN6O2/c24-17-4-1-3-15-16(17)14-30(23(15)32)21-6-2-5-18(27-21)22(31)28-19-13-26-8-7-20(19)29-11-9-25-10-12-29/h1-8,13,25H,9-12,14H2,(H,28,31). The van der Waals surface area contributed by atoms with Gasteiger partial charge in [-0.3, -0.25) is 19.5 Å². The van der Waals surface area contributed by atoms with E-state index in [-0.39, 0.29) is 17.5 Å². The Morgan fingerprint density at radius 2 is 1.91 bits per heavy atom. The third-order valence-corrected chi connectivity index (χ3v) is 6.01. The van der Waals surface area contributed by atoms with E-state index in [0.29, 0.717) is 28.6 Å². The molecule has 162 valence electrons. The molecule has 0 unspecified atom stereocenters. The molecule has 5 rings (SSSR count). The molecule has 8 nitrogen and oxygen atoms in total. The van der Waals surface area contributed by atoms with Crippen LogP contribution in [0.1, 0.15) is 26.4 Å². The first kappa shape index (κ1) is 20.4. The number of hydrogen-bond acceptors (Lipinski definition) is 6.